The third-order valence-electron chi connectivity index (χ3n) is 2.78. The van der Waals surface area contributed by atoms with E-state index in [1.165, 1.54) is 24.5 Å². The van der Waals surface area contributed by atoms with E-state index < -0.39 is 34.0 Å². The van der Waals surface area contributed by atoms with Crippen LogP contribution in [0, 0.1) is 0 Å². The van der Waals surface area contributed by atoms with Crippen molar-refractivity contribution in [3.63, 3.8) is 0 Å². The van der Waals surface area contributed by atoms with Gasteiger partial charge in [0.2, 0.25) is 0 Å². The Balaban J connectivity index is 2.20. The first-order valence-corrected chi connectivity index (χ1v) is 7.94. The number of hydrogen-bond acceptors (Lipinski definition) is 6. The highest BCUT2D eigenvalue weighted by Crippen LogP contribution is 2.30. The lowest BCUT2D eigenvalue weighted by Gasteiger charge is -2.10. The molecule has 0 heterocycles. The summed E-state index contributed by atoms with van der Waals surface area (Å²) in [5.41, 5.74) is 2.97. The van der Waals surface area contributed by atoms with Gasteiger partial charge in [0.25, 0.3) is 5.91 Å². The Kier molecular flexibility index (Phi) is 8.11. The molecule has 0 fully saturated rings. The molecular formula is C13H17F3N2O5S. The van der Waals surface area contributed by atoms with Crippen LogP contribution in [0.1, 0.15) is 18.9 Å². The highest BCUT2D eigenvalue weighted by molar-refractivity contribution is 7.81. The second-order valence-corrected chi connectivity index (χ2v) is 5.98. The Morgan fingerprint density at radius 1 is 1.33 bits per heavy atom. The second-order valence-electron chi connectivity index (χ2n) is 4.58. The number of alkyl halides is 3. The number of ether oxygens (including phenoxy) is 1. The molecule has 0 aliphatic heterocycles. The average molecular weight is 370 g/mol. The lowest BCUT2D eigenvalue weighted by atomic mass is 10.2. The van der Waals surface area contributed by atoms with Gasteiger partial charge in [0.05, 0.1) is 12.2 Å². The van der Waals surface area contributed by atoms with Crippen LogP contribution in [0.2, 0.25) is 0 Å². The normalized spacial score (nSPS) is 14.0. The van der Waals surface area contributed by atoms with Crippen LogP contribution in [0.4, 0.5) is 13.2 Å². The third kappa shape index (κ3) is 6.83. The monoisotopic (exact) mass is 370 g/mol. The number of carbonyl (C=O) groups excluding carboxylic acids is 1. The van der Waals surface area contributed by atoms with E-state index in [9.17, 15) is 22.2 Å². The largest absolute Gasteiger partial charge is 0.494 e. The number of amides is 1. The highest BCUT2D eigenvalue weighted by atomic mass is 32.2. The first kappa shape index (κ1) is 20.4. The van der Waals surface area contributed by atoms with Gasteiger partial charge < -0.3 is 4.74 Å². The van der Waals surface area contributed by atoms with Crippen LogP contribution in [0.25, 0.3) is 0 Å². The van der Waals surface area contributed by atoms with Crippen LogP contribution in [0.15, 0.2) is 24.3 Å². The second kappa shape index (κ2) is 9.57. The molecule has 0 spiro atoms. The van der Waals surface area contributed by atoms with Gasteiger partial charge >= 0.3 is 6.18 Å². The minimum Gasteiger partial charge on any atom is -0.494 e. The van der Waals surface area contributed by atoms with Gasteiger partial charge in [-0.3, -0.25) is 10.0 Å². The average Bonchev–Trinajstić information content (AvgIpc) is 2.55. The van der Waals surface area contributed by atoms with Gasteiger partial charge in [0, 0.05) is 6.54 Å². The molecule has 0 aliphatic carbocycles. The Hall–Kier alpha value is -1.69. The SMILES string of the molecule is CC(C(=O)NO)S(=O)ONCCCOc1ccc(C(F)(F)F)cc1. The summed E-state index contributed by atoms with van der Waals surface area (Å²) in [6, 6.07) is 4.29. The number of benzene rings is 1. The minimum absolute atomic E-state index is 0.195. The fraction of sp³-hybridized carbons (Fsp3) is 0.462. The van der Waals surface area contributed by atoms with E-state index in [0.29, 0.717) is 12.2 Å². The third-order valence-corrected chi connectivity index (χ3v) is 3.86. The molecule has 0 aromatic heterocycles. The molecule has 1 rings (SSSR count). The molecule has 7 nitrogen and oxygen atoms in total. The summed E-state index contributed by atoms with van der Waals surface area (Å²) in [4.78, 5) is 11.0. The van der Waals surface area contributed by atoms with E-state index >= 15 is 0 Å². The summed E-state index contributed by atoms with van der Waals surface area (Å²) < 4.78 is 58.5. The molecule has 0 saturated carbocycles. The molecule has 11 heteroatoms. The van der Waals surface area contributed by atoms with Crippen molar-refractivity contribution in [2.75, 3.05) is 13.2 Å². The van der Waals surface area contributed by atoms with Crippen molar-refractivity contribution >= 4 is 17.0 Å². The summed E-state index contributed by atoms with van der Waals surface area (Å²) in [6.45, 7) is 1.73. The molecule has 1 aromatic rings. The summed E-state index contributed by atoms with van der Waals surface area (Å²) in [5.74, 6) is -0.554. The van der Waals surface area contributed by atoms with E-state index in [-0.39, 0.29) is 13.2 Å². The number of carbonyl (C=O) groups is 1. The van der Waals surface area contributed by atoms with Crippen LogP contribution >= 0.6 is 0 Å². The zero-order valence-corrected chi connectivity index (χ0v) is 13.4. The number of hydroxylamine groups is 2. The van der Waals surface area contributed by atoms with E-state index in [4.69, 9.17) is 14.2 Å². The first-order valence-electron chi connectivity index (χ1n) is 6.80. The van der Waals surface area contributed by atoms with Crippen LogP contribution in [-0.2, 0) is 26.3 Å². The van der Waals surface area contributed by atoms with E-state index in [2.05, 4.69) is 5.48 Å². The smallest absolute Gasteiger partial charge is 0.416 e. The van der Waals surface area contributed by atoms with Gasteiger partial charge in [-0.25, -0.2) is 14.0 Å². The molecule has 0 aliphatic rings. The van der Waals surface area contributed by atoms with Gasteiger partial charge in [-0.2, -0.15) is 18.7 Å². The highest BCUT2D eigenvalue weighted by Gasteiger charge is 2.30. The number of halogens is 3. The van der Waals surface area contributed by atoms with Crippen molar-refractivity contribution in [1.82, 2.24) is 11.0 Å². The maximum Gasteiger partial charge on any atom is 0.416 e. The van der Waals surface area contributed by atoms with Gasteiger partial charge in [-0.1, -0.05) is 0 Å². The zero-order valence-electron chi connectivity index (χ0n) is 12.6. The number of nitrogens with one attached hydrogen (secondary N) is 2. The number of rotatable bonds is 9. The molecule has 0 bridgehead atoms. The summed E-state index contributed by atoms with van der Waals surface area (Å²) in [5, 5.41) is 7.31. The molecule has 0 saturated heterocycles. The van der Waals surface area contributed by atoms with Gasteiger partial charge in [0.15, 0.2) is 11.1 Å². The van der Waals surface area contributed by atoms with E-state index in [1.54, 1.807) is 0 Å². The molecule has 1 amide bonds. The lowest BCUT2D eigenvalue weighted by molar-refractivity contribution is -0.137. The minimum atomic E-state index is -4.39. The van der Waals surface area contributed by atoms with Crippen molar-refractivity contribution in [2.45, 2.75) is 24.8 Å². The van der Waals surface area contributed by atoms with E-state index in [0.717, 1.165) is 12.1 Å². The molecule has 0 radical (unpaired) electrons. The number of hydrogen-bond donors (Lipinski definition) is 3. The molecule has 1 aromatic carbocycles. The molecule has 24 heavy (non-hydrogen) atoms. The Morgan fingerprint density at radius 3 is 2.50 bits per heavy atom. The maximum atomic E-state index is 12.4. The predicted molar refractivity (Wildman–Crippen MR) is 78.2 cm³/mol. The standard InChI is InChI=1S/C13H17F3N2O5S/c1-9(12(19)18-20)24(21)23-17-7-2-8-22-11-5-3-10(4-6-11)13(14,15)16/h3-6,9,17,20H,2,7-8H2,1H3,(H,18,19). The summed E-state index contributed by atoms with van der Waals surface area (Å²) in [7, 11) is 0. The van der Waals surface area contributed by atoms with Gasteiger partial charge in [-0.15, -0.1) is 0 Å². The van der Waals surface area contributed by atoms with E-state index in [1.807, 2.05) is 0 Å². The van der Waals surface area contributed by atoms with Crippen molar-refractivity contribution in [2.24, 2.45) is 0 Å². The first-order chi connectivity index (χ1) is 11.3. The Bertz CT molecular complexity index is 554. The lowest BCUT2D eigenvalue weighted by Crippen LogP contribution is -2.36. The fourth-order valence-corrected chi connectivity index (χ4v) is 2.00. The van der Waals surface area contributed by atoms with Crippen LogP contribution in [0.3, 0.4) is 0 Å². The Morgan fingerprint density at radius 2 is 1.96 bits per heavy atom. The fourth-order valence-electron chi connectivity index (χ4n) is 1.42. The molecule has 3 N–H and O–H groups in total. The zero-order chi connectivity index (χ0) is 18.2. The van der Waals surface area contributed by atoms with Crippen LogP contribution in [-0.4, -0.2) is 33.7 Å². The van der Waals surface area contributed by atoms with Crippen LogP contribution in [0.5, 0.6) is 5.75 Å². The maximum absolute atomic E-state index is 12.4. The van der Waals surface area contributed by atoms with Crippen LogP contribution < -0.4 is 15.7 Å². The summed E-state index contributed by atoms with van der Waals surface area (Å²) >= 11 is -1.98. The van der Waals surface area contributed by atoms with Gasteiger partial charge in [0.1, 0.15) is 11.0 Å². The van der Waals surface area contributed by atoms with Crippen molar-refractivity contribution < 1.29 is 36.4 Å². The summed E-state index contributed by atoms with van der Waals surface area (Å²) in [6.07, 6.45) is -3.97. The molecule has 2 unspecified atom stereocenters. The molecule has 136 valence electrons. The molecule has 2 atom stereocenters. The van der Waals surface area contributed by atoms with Crippen molar-refractivity contribution in [1.29, 1.82) is 0 Å². The predicted octanol–water partition coefficient (Wildman–Crippen LogP) is 1.55. The van der Waals surface area contributed by atoms with Crippen molar-refractivity contribution in [3.05, 3.63) is 29.8 Å². The van der Waals surface area contributed by atoms with Gasteiger partial charge in [-0.05, 0) is 37.6 Å². The topological polar surface area (TPSA) is 96.9 Å². The van der Waals surface area contributed by atoms with Crippen molar-refractivity contribution in [3.8, 4) is 5.75 Å². The quantitative estimate of drug-likeness (QED) is 0.347. The molecular weight excluding hydrogens is 353 g/mol. The Labute approximate surface area is 138 Å².